The molecule has 1 aromatic rings. The van der Waals surface area contributed by atoms with Crippen LogP contribution in [0.25, 0.3) is 0 Å². The Kier molecular flexibility index (Phi) is 3.22. The summed E-state index contributed by atoms with van der Waals surface area (Å²) in [5.74, 6) is -0.951. The smallest absolute Gasteiger partial charge is 0.341 e. The van der Waals surface area contributed by atoms with Crippen molar-refractivity contribution in [1.29, 1.82) is 0 Å². The third-order valence-corrected chi connectivity index (χ3v) is 1.74. The maximum atomic E-state index is 10.5. The lowest BCUT2D eigenvalue weighted by atomic mass is 10.2. The minimum atomic E-state index is -1.13. The molecule has 0 unspecified atom stereocenters. The minimum Gasteiger partial charge on any atom is -0.482 e. The zero-order valence-corrected chi connectivity index (χ0v) is 7.97. The Morgan fingerprint density at radius 3 is 2.80 bits per heavy atom. The van der Waals surface area contributed by atoms with Gasteiger partial charge in [0.05, 0.1) is 11.0 Å². The lowest BCUT2D eigenvalue weighted by Crippen LogP contribution is -2.09. The van der Waals surface area contributed by atoms with Crippen LogP contribution in [0.4, 0.5) is 5.69 Å². The molecule has 0 heterocycles. The number of carboxylic acids is 1. The van der Waals surface area contributed by atoms with E-state index in [2.05, 4.69) is 0 Å². The topological polar surface area (TPSA) is 89.7 Å². The van der Waals surface area contributed by atoms with Gasteiger partial charge in [-0.25, -0.2) is 4.79 Å². The molecule has 0 spiro atoms. The van der Waals surface area contributed by atoms with Gasteiger partial charge in [-0.15, -0.1) is 0 Å². The van der Waals surface area contributed by atoms with Crippen molar-refractivity contribution < 1.29 is 19.6 Å². The van der Waals surface area contributed by atoms with E-state index in [1.54, 1.807) is 6.92 Å². The summed E-state index contributed by atoms with van der Waals surface area (Å²) in [5, 5.41) is 18.9. The number of carboxylic acid groups (broad SMARTS) is 1. The zero-order valence-electron chi connectivity index (χ0n) is 7.97. The van der Waals surface area contributed by atoms with Crippen molar-refractivity contribution in [2.75, 3.05) is 6.61 Å². The van der Waals surface area contributed by atoms with E-state index in [9.17, 15) is 14.9 Å². The number of hydrogen-bond donors (Lipinski definition) is 1. The fourth-order valence-corrected chi connectivity index (χ4v) is 1.02. The Hall–Kier alpha value is -2.11. The number of benzene rings is 1. The zero-order chi connectivity index (χ0) is 11.4. The number of ether oxygens (including phenoxy) is 1. The van der Waals surface area contributed by atoms with Gasteiger partial charge in [0.2, 0.25) is 0 Å². The van der Waals surface area contributed by atoms with Gasteiger partial charge in [-0.1, -0.05) is 0 Å². The fourth-order valence-electron chi connectivity index (χ4n) is 1.02. The molecule has 6 heteroatoms. The van der Waals surface area contributed by atoms with Crippen LogP contribution >= 0.6 is 0 Å². The van der Waals surface area contributed by atoms with Crippen LogP contribution in [0.3, 0.4) is 0 Å². The van der Waals surface area contributed by atoms with Crippen LogP contribution in [0.5, 0.6) is 5.75 Å². The number of rotatable bonds is 4. The van der Waals surface area contributed by atoms with E-state index in [1.807, 2.05) is 0 Å². The third-order valence-electron chi connectivity index (χ3n) is 1.74. The van der Waals surface area contributed by atoms with Gasteiger partial charge < -0.3 is 9.84 Å². The Morgan fingerprint density at radius 1 is 1.60 bits per heavy atom. The monoisotopic (exact) mass is 211 g/mol. The molecule has 0 bridgehead atoms. The summed E-state index contributed by atoms with van der Waals surface area (Å²) in [5.41, 5.74) is 0.417. The van der Waals surface area contributed by atoms with Crippen LogP contribution in [-0.4, -0.2) is 22.6 Å². The molecule has 0 aromatic heterocycles. The number of hydrogen-bond acceptors (Lipinski definition) is 4. The first-order chi connectivity index (χ1) is 7.00. The fraction of sp³-hybridized carbons (Fsp3) is 0.222. The van der Waals surface area contributed by atoms with Gasteiger partial charge in [0.15, 0.2) is 6.61 Å². The summed E-state index contributed by atoms with van der Waals surface area (Å²) in [6, 6.07) is 4.21. The van der Waals surface area contributed by atoms with Crippen LogP contribution in [0.15, 0.2) is 18.2 Å². The summed E-state index contributed by atoms with van der Waals surface area (Å²) >= 11 is 0. The predicted molar refractivity (Wildman–Crippen MR) is 51.0 cm³/mol. The number of carbonyl (C=O) groups is 1. The number of nitrogens with zero attached hydrogens (tertiary/aromatic N) is 1. The van der Waals surface area contributed by atoms with Gasteiger partial charge >= 0.3 is 5.97 Å². The van der Waals surface area contributed by atoms with E-state index >= 15 is 0 Å². The largest absolute Gasteiger partial charge is 0.482 e. The van der Waals surface area contributed by atoms with Crippen LogP contribution in [0.1, 0.15) is 5.56 Å². The maximum Gasteiger partial charge on any atom is 0.341 e. The molecule has 0 aliphatic heterocycles. The molecule has 1 rings (SSSR count). The Bertz CT molecular complexity index is 401. The molecule has 0 saturated heterocycles. The summed E-state index contributed by atoms with van der Waals surface area (Å²) in [7, 11) is 0. The quantitative estimate of drug-likeness (QED) is 0.600. The second-order valence-electron chi connectivity index (χ2n) is 2.89. The number of nitro groups is 1. The van der Waals surface area contributed by atoms with E-state index in [1.165, 1.54) is 18.2 Å². The van der Waals surface area contributed by atoms with Crippen molar-refractivity contribution in [2.24, 2.45) is 0 Å². The van der Waals surface area contributed by atoms with Gasteiger partial charge in [-0.2, -0.15) is 0 Å². The van der Waals surface area contributed by atoms with E-state index in [0.717, 1.165) is 0 Å². The lowest BCUT2D eigenvalue weighted by Gasteiger charge is -2.03. The van der Waals surface area contributed by atoms with Gasteiger partial charge in [-0.05, 0) is 19.1 Å². The molecular weight excluding hydrogens is 202 g/mol. The summed E-state index contributed by atoms with van der Waals surface area (Å²) in [4.78, 5) is 20.2. The molecule has 0 atom stereocenters. The number of nitro benzene ring substituents is 1. The van der Waals surface area contributed by atoms with E-state index in [0.29, 0.717) is 5.56 Å². The molecule has 0 saturated carbocycles. The second-order valence-corrected chi connectivity index (χ2v) is 2.89. The summed E-state index contributed by atoms with van der Waals surface area (Å²) < 4.78 is 4.81. The van der Waals surface area contributed by atoms with Gasteiger partial charge in [0.25, 0.3) is 5.69 Å². The van der Waals surface area contributed by atoms with Crippen molar-refractivity contribution in [3.8, 4) is 5.75 Å². The lowest BCUT2D eigenvalue weighted by molar-refractivity contribution is -0.385. The highest BCUT2D eigenvalue weighted by atomic mass is 16.6. The first-order valence-corrected chi connectivity index (χ1v) is 4.10. The van der Waals surface area contributed by atoms with Crippen LogP contribution < -0.4 is 4.74 Å². The molecular formula is C9H9NO5. The van der Waals surface area contributed by atoms with E-state index in [4.69, 9.17) is 9.84 Å². The molecule has 1 aromatic carbocycles. The van der Waals surface area contributed by atoms with E-state index < -0.39 is 17.5 Å². The highest BCUT2D eigenvalue weighted by molar-refractivity contribution is 5.68. The van der Waals surface area contributed by atoms with Crippen LogP contribution in [0, 0.1) is 17.0 Å². The summed E-state index contributed by atoms with van der Waals surface area (Å²) in [6.07, 6.45) is 0. The van der Waals surface area contributed by atoms with Crippen LogP contribution in [-0.2, 0) is 4.79 Å². The average molecular weight is 211 g/mol. The Labute approximate surface area is 85.2 Å². The van der Waals surface area contributed by atoms with Crippen molar-refractivity contribution in [2.45, 2.75) is 6.92 Å². The summed E-state index contributed by atoms with van der Waals surface area (Å²) in [6.45, 7) is 1.08. The van der Waals surface area contributed by atoms with Crippen molar-refractivity contribution in [3.05, 3.63) is 33.9 Å². The molecule has 0 aliphatic carbocycles. The Balaban J connectivity index is 2.87. The Morgan fingerprint density at radius 2 is 2.27 bits per heavy atom. The van der Waals surface area contributed by atoms with Crippen LogP contribution in [0.2, 0.25) is 0 Å². The third kappa shape index (κ3) is 2.94. The highest BCUT2D eigenvalue weighted by Crippen LogP contribution is 2.23. The molecule has 1 N–H and O–H groups in total. The minimum absolute atomic E-state index is 0.0853. The van der Waals surface area contributed by atoms with E-state index in [-0.39, 0.29) is 11.4 Å². The van der Waals surface area contributed by atoms with Gasteiger partial charge in [-0.3, -0.25) is 10.1 Å². The molecule has 0 fully saturated rings. The number of aliphatic carboxylic acids is 1. The average Bonchev–Trinajstić information content (AvgIpc) is 2.16. The molecule has 6 nitrogen and oxygen atoms in total. The molecule has 80 valence electrons. The SMILES string of the molecule is Cc1ccc(OCC(=O)O)cc1[N+](=O)[O-]. The standard InChI is InChI=1S/C9H9NO5/c1-6-2-3-7(15-5-9(11)12)4-8(6)10(13)14/h2-4H,5H2,1H3,(H,11,12). The van der Waals surface area contributed by atoms with Gasteiger partial charge in [0, 0.05) is 5.56 Å². The van der Waals surface area contributed by atoms with Crippen molar-refractivity contribution >= 4 is 11.7 Å². The molecule has 0 radical (unpaired) electrons. The first kappa shape index (κ1) is 11.0. The molecule has 0 aliphatic rings. The normalized spacial score (nSPS) is 9.67. The molecule has 0 amide bonds. The highest BCUT2D eigenvalue weighted by Gasteiger charge is 2.11. The second kappa shape index (κ2) is 4.41. The maximum absolute atomic E-state index is 10.5. The molecule has 15 heavy (non-hydrogen) atoms. The predicted octanol–water partition coefficient (Wildman–Crippen LogP) is 1.37. The van der Waals surface area contributed by atoms with Crippen molar-refractivity contribution in [1.82, 2.24) is 0 Å². The van der Waals surface area contributed by atoms with Crippen molar-refractivity contribution in [3.63, 3.8) is 0 Å². The van der Waals surface area contributed by atoms with Gasteiger partial charge in [0.1, 0.15) is 5.75 Å². The first-order valence-electron chi connectivity index (χ1n) is 4.10. The number of aryl methyl sites for hydroxylation is 1.